The molecule has 2 aromatic rings. The summed E-state index contributed by atoms with van der Waals surface area (Å²) < 4.78 is 42.3. The monoisotopic (exact) mass is 406 g/mol. The first kappa shape index (κ1) is 20.0. The summed E-state index contributed by atoms with van der Waals surface area (Å²) in [7, 11) is 0. The van der Waals surface area contributed by atoms with E-state index in [2.05, 4.69) is 9.88 Å². The fourth-order valence-corrected chi connectivity index (χ4v) is 4.85. The molecule has 4 rings (SSSR count). The molecule has 1 aliphatic heterocycles. The number of halogens is 3. The van der Waals surface area contributed by atoms with Crippen LogP contribution < -0.4 is 9.64 Å². The van der Waals surface area contributed by atoms with Crippen LogP contribution in [-0.4, -0.2) is 35.5 Å². The molecule has 2 aliphatic rings. The van der Waals surface area contributed by atoms with Crippen LogP contribution in [0.1, 0.15) is 37.7 Å². The molecular weight excluding hydrogens is 381 g/mol. The van der Waals surface area contributed by atoms with Crippen molar-refractivity contribution in [1.82, 2.24) is 4.98 Å². The maximum atomic E-state index is 12.5. The van der Waals surface area contributed by atoms with Gasteiger partial charge in [0.15, 0.2) is 6.61 Å². The highest BCUT2D eigenvalue weighted by Gasteiger charge is 2.49. The maximum Gasteiger partial charge on any atom is 0.422 e. The molecule has 29 heavy (non-hydrogen) atoms. The molecule has 1 aliphatic carbocycles. The Balaban J connectivity index is 1.59. The van der Waals surface area contributed by atoms with Gasteiger partial charge in [0.05, 0.1) is 5.60 Å². The highest BCUT2D eigenvalue weighted by molar-refractivity contribution is 5.44. The number of nitrogens with zero attached hydrogens (tertiary/aromatic N) is 2. The number of anilines is 1. The van der Waals surface area contributed by atoms with Gasteiger partial charge in [0, 0.05) is 24.6 Å². The number of benzene rings is 1. The number of fused-ring (bicyclic) bond motifs is 1. The van der Waals surface area contributed by atoms with Crippen LogP contribution in [0, 0.1) is 5.92 Å². The summed E-state index contributed by atoms with van der Waals surface area (Å²) in [6, 6.07) is 14.8. The zero-order chi connectivity index (χ0) is 20.5. The van der Waals surface area contributed by atoms with Crippen molar-refractivity contribution >= 4 is 5.82 Å². The molecule has 0 radical (unpaired) electrons. The first-order chi connectivity index (χ1) is 13.9. The molecule has 3 atom stereocenters. The second-order valence-corrected chi connectivity index (χ2v) is 7.93. The topological polar surface area (TPSA) is 45.6 Å². The maximum absolute atomic E-state index is 12.5. The molecule has 1 saturated carbocycles. The van der Waals surface area contributed by atoms with E-state index in [-0.39, 0.29) is 17.8 Å². The lowest BCUT2D eigenvalue weighted by atomic mass is 9.66. The third kappa shape index (κ3) is 4.20. The van der Waals surface area contributed by atoms with Crippen LogP contribution in [0.5, 0.6) is 5.88 Å². The highest BCUT2D eigenvalue weighted by Crippen LogP contribution is 2.47. The van der Waals surface area contributed by atoms with Gasteiger partial charge in [0.25, 0.3) is 0 Å². The summed E-state index contributed by atoms with van der Waals surface area (Å²) in [5, 5.41) is 11.6. The average Bonchev–Trinajstić information content (AvgIpc) is 2.73. The third-order valence-corrected chi connectivity index (χ3v) is 6.14. The number of hydrogen-bond donors (Lipinski definition) is 1. The average molecular weight is 406 g/mol. The van der Waals surface area contributed by atoms with Crippen LogP contribution in [0.3, 0.4) is 0 Å². The first-order valence-electron chi connectivity index (χ1n) is 10.1. The van der Waals surface area contributed by atoms with Gasteiger partial charge >= 0.3 is 6.18 Å². The van der Waals surface area contributed by atoms with Crippen LogP contribution in [0.2, 0.25) is 0 Å². The van der Waals surface area contributed by atoms with Gasteiger partial charge in [-0.3, -0.25) is 0 Å². The summed E-state index contributed by atoms with van der Waals surface area (Å²) in [5.41, 5.74) is 0.0412. The van der Waals surface area contributed by atoms with E-state index in [1.54, 1.807) is 12.1 Å². The zero-order valence-corrected chi connectivity index (χ0v) is 16.1. The summed E-state index contributed by atoms with van der Waals surface area (Å²) in [5.74, 6) is 0.627. The van der Waals surface area contributed by atoms with Crippen LogP contribution in [-0.2, 0) is 5.60 Å². The molecule has 2 heterocycles. The Kier molecular flexibility index (Phi) is 5.42. The third-order valence-electron chi connectivity index (χ3n) is 6.14. The minimum atomic E-state index is -4.40. The van der Waals surface area contributed by atoms with Gasteiger partial charge in [-0.25, -0.2) is 0 Å². The van der Waals surface area contributed by atoms with Crippen molar-refractivity contribution in [1.29, 1.82) is 0 Å². The molecule has 1 aromatic carbocycles. The summed E-state index contributed by atoms with van der Waals surface area (Å²) in [6.45, 7) is -0.772. The number of hydrogen-bond acceptors (Lipinski definition) is 4. The van der Waals surface area contributed by atoms with Gasteiger partial charge in [0.2, 0.25) is 5.88 Å². The molecule has 3 unspecified atom stereocenters. The van der Waals surface area contributed by atoms with E-state index in [1.807, 2.05) is 30.3 Å². The Morgan fingerprint density at radius 3 is 2.59 bits per heavy atom. The summed E-state index contributed by atoms with van der Waals surface area (Å²) >= 11 is 0. The van der Waals surface area contributed by atoms with E-state index in [4.69, 9.17) is 4.74 Å². The van der Waals surface area contributed by atoms with Gasteiger partial charge in [-0.15, -0.1) is 0 Å². The lowest BCUT2D eigenvalue weighted by Crippen LogP contribution is -2.57. The lowest BCUT2D eigenvalue weighted by Gasteiger charge is -2.53. The zero-order valence-electron chi connectivity index (χ0n) is 16.1. The van der Waals surface area contributed by atoms with E-state index >= 15 is 0 Å². The first-order valence-corrected chi connectivity index (χ1v) is 10.1. The minimum Gasteiger partial charge on any atom is -0.468 e. The molecule has 4 nitrogen and oxygen atoms in total. The van der Waals surface area contributed by atoms with E-state index in [1.165, 1.54) is 6.07 Å². The molecule has 2 fully saturated rings. The Bertz CT molecular complexity index is 830. The largest absolute Gasteiger partial charge is 0.468 e. The van der Waals surface area contributed by atoms with Crippen molar-refractivity contribution < 1.29 is 23.0 Å². The predicted molar refractivity (Wildman–Crippen MR) is 104 cm³/mol. The number of pyridine rings is 1. The Morgan fingerprint density at radius 1 is 1.07 bits per heavy atom. The Labute approximate surface area is 168 Å². The fraction of sp³-hybridized carbons (Fsp3) is 0.500. The van der Waals surface area contributed by atoms with Crippen molar-refractivity contribution in [3.05, 3.63) is 54.1 Å². The number of ether oxygens (including phenoxy) is 1. The standard InChI is InChI=1S/C22H25F3N2O2/c23-22(24,25)15-29-20-12-6-11-19(26-20)27-14-13-21(28,16-7-2-1-3-8-16)17-9-4-5-10-18(17)27/h1-3,6-8,11-12,17-18,28H,4-5,9-10,13-15H2. The second-order valence-electron chi connectivity index (χ2n) is 7.93. The number of alkyl halides is 3. The SMILES string of the molecule is OC1(c2ccccc2)CCN(c2cccc(OCC(F)(F)F)n2)C2CCCCC21. The molecule has 0 bridgehead atoms. The molecular formula is C22H25F3N2O2. The Hall–Kier alpha value is -2.28. The number of piperidine rings is 1. The van der Waals surface area contributed by atoms with Crippen LogP contribution in [0.25, 0.3) is 0 Å². The van der Waals surface area contributed by atoms with Crippen molar-refractivity contribution in [2.24, 2.45) is 5.92 Å². The van der Waals surface area contributed by atoms with Crippen LogP contribution in [0.15, 0.2) is 48.5 Å². The molecule has 1 N–H and O–H groups in total. The van der Waals surface area contributed by atoms with Gasteiger partial charge in [-0.1, -0.05) is 49.2 Å². The van der Waals surface area contributed by atoms with Crippen molar-refractivity contribution in [2.45, 2.75) is 49.9 Å². The highest BCUT2D eigenvalue weighted by atomic mass is 19.4. The smallest absolute Gasteiger partial charge is 0.422 e. The van der Waals surface area contributed by atoms with Gasteiger partial charge < -0.3 is 14.7 Å². The van der Waals surface area contributed by atoms with Crippen LogP contribution >= 0.6 is 0 Å². The molecule has 0 amide bonds. The number of aromatic nitrogens is 1. The lowest BCUT2D eigenvalue weighted by molar-refractivity contribution is -0.154. The molecule has 7 heteroatoms. The van der Waals surface area contributed by atoms with E-state index in [0.717, 1.165) is 31.2 Å². The van der Waals surface area contributed by atoms with E-state index in [9.17, 15) is 18.3 Å². The second kappa shape index (κ2) is 7.86. The Morgan fingerprint density at radius 2 is 1.83 bits per heavy atom. The predicted octanol–water partition coefficient (Wildman–Crippen LogP) is 4.68. The van der Waals surface area contributed by atoms with E-state index < -0.39 is 18.4 Å². The number of rotatable bonds is 4. The molecule has 0 spiro atoms. The van der Waals surface area contributed by atoms with Gasteiger partial charge in [0.1, 0.15) is 5.82 Å². The van der Waals surface area contributed by atoms with E-state index in [0.29, 0.717) is 18.8 Å². The minimum absolute atomic E-state index is 0.0314. The fourth-order valence-electron chi connectivity index (χ4n) is 4.85. The normalized spacial score (nSPS) is 27.4. The van der Waals surface area contributed by atoms with Gasteiger partial charge in [-0.2, -0.15) is 18.2 Å². The molecule has 1 aromatic heterocycles. The molecule has 1 saturated heterocycles. The van der Waals surface area contributed by atoms with Crippen molar-refractivity contribution in [2.75, 3.05) is 18.1 Å². The van der Waals surface area contributed by atoms with Crippen LogP contribution in [0.4, 0.5) is 19.0 Å². The summed E-state index contributed by atoms with van der Waals surface area (Å²) in [4.78, 5) is 6.47. The summed E-state index contributed by atoms with van der Waals surface area (Å²) in [6.07, 6.45) is 0.113. The number of aliphatic hydroxyl groups is 1. The quantitative estimate of drug-likeness (QED) is 0.801. The van der Waals surface area contributed by atoms with Crippen molar-refractivity contribution in [3.63, 3.8) is 0 Å². The molecule has 156 valence electrons. The van der Waals surface area contributed by atoms with Gasteiger partial charge in [-0.05, 0) is 30.9 Å². The van der Waals surface area contributed by atoms with Crippen molar-refractivity contribution in [3.8, 4) is 5.88 Å².